The molecule has 0 atom stereocenters. The van der Waals surface area contributed by atoms with Crippen LogP contribution in [-0.4, -0.2) is 18.4 Å². The summed E-state index contributed by atoms with van der Waals surface area (Å²) in [6.07, 6.45) is 1.56. The maximum atomic E-state index is 12.2. The molecule has 4 heteroatoms. The average Bonchev–Trinajstić information content (AvgIpc) is 2.56. The maximum Gasteiger partial charge on any atom is 0.338 e. The second-order valence-corrected chi connectivity index (χ2v) is 5.48. The molecule has 24 heavy (non-hydrogen) atoms. The second-order valence-electron chi connectivity index (χ2n) is 5.48. The smallest absolute Gasteiger partial charge is 0.338 e. The Bertz CT molecular complexity index is 743. The molecular formula is C20H21NO3. The zero-order valence-corrected chi connectivity index (χ0v) is 14.1. The number of benzene rings is 2. The van der Waals surface area contributed by atoms with Crippen LogP contribution in [0.25, 0.3) is 0 Å². The lowest BCUT2D eigenvalue weighted by molar-refractivity contribution is 0.0526. The van der Waals surface area contributed by atoms with Crippen LogP contribution in [0.1, 0.15) is 40.1 Å². The summed E-state index contributed by atoms with van der Waals surface area (Å²) < 4.78 is 4.94. The fourth-order valence-corrected chi connectivity index (χ4v) is 2.17. The normalized spacial score (nSPS) is 11.0. The quantitative estimate of drug-likeness (QED) is 0.487. The van der Waals surface area contributed by atoms with Crippen molar-refractivity contribution < 1.29 is 14.3 Å². The van der Waals surface area contributed by atoms with Crippen LogP contribution in [0.4, 0.5) is 5.69 Å². The molecule has 0 aliphatic rings. The van der Waals surface area contributed by atoms with Gasteiger partial charge in [0.05, 0.1) is 12.2 Å². The molecule has 0 aliphatic carbocycles. The summed E-state index contributed by atoms with van der Waals surface area (Å²) in [5.41, 5.74) is 3.80. The Hall–Kier alpha value is -2.88. The van der Waals surface area contributed by atoms with E-state index < -0.39 is 0 Å². The molecule has 4 nitrogen and oxygen atoms in total. The molecule has 0 saturated carbocycles. The van der Waals surface area contributed by atoms with E-state index in [4.69, 9.17) is 4.74 Å². The molecule has 0 fully saturated rings. The van der Waals surface area contributed by atoms with Crippen LogP contribution in [0, 0.1) is 6.92 Å². The molecule has 0 radical (unpaired) electrons. The van der Waals surface area contributed by atoms with E-state index in [1.54, 1.807) is 37.3 Å². The van der Waals surface area contributed by atoms with Crippen molar-refractivity contribution in [3.63, 3.8) is 0 Å². The highest BCUT2D eigenvalue weighted by Gasteiger charge is 2.06. The first-order chi connectivity index (χ1) is 11.5. The van der Waals surface area contributed by atoms with E-state index in [9.17, 15) is 9.59 Å². The standard InChI is InChI=1S/C20H21NO3/c1-4-24-20(23)17-9-11-18(12-10-17)21-15(3)13-19(22)16-7-5-14(2)6-8-16/h5-13,21H,4H2,1-3H3/b15-13+. The molecule has 0 bridgehead atoms. The highest BCUT2D eigenvalue weighted by atomic mass is 16.5. The van der Waals surface area contributed by atoms with E-state index in [0.29, 0.717) is 17.7 Å². The Labute approximate surface area is 142 Å². The third-order valence-electron chi connectivity index (χ3n) is 3.42. The van der Waals surface area contributed by atoms with E-state index in [1.165, 1.54) is 0 Å². The van der Waals surface area contributed by atoms with Crippen LogP contribution in [-0.2, 0) is 4.74 Å². The van der Waals surface area contributed by atoms with E-state index in [2.05, 4.69) is 5.32 Å². The van der Waals surface area contributed by atoms with Crippen LogP contribution in [0.5, 0.6) is 0 Å². The van der Waals surface area contributed by atoms with Gasteiger partial charge in [0, 0.05) is 23.0 Å². The second kappa shape index (κ2) is 8.11. The Morgan fingerprint density at radius 2 is 1.58 bits per heavy atom. The van der Waals surface area contributed by atoms with Crippen molar-refractivity contribution in [2.24, 2.45) is 0 Å². The molecule has 0 amide bonds. The first-order valence-corrected chi connectivity index (χ1v) is 7.83. The summed E-state index contributed by atoms with van der Waals surface area (Å²) in [5, 5.41) is 3.14. The van der Waals surface area contributed by atoms with E-state index >= 15 is 0 Å². The number of allylic oxidation sites excluding steroid dienone is 2. The van der Waals surface area contributed by atoms with Gasteiger partial charge < -0.3 is 10.1 Å². The lowest BCUT2D eigenvalue weighted by atomic mass is 10.1. The predicted octanol–water partition coefficient (Wildman–Crippen LogP) is 4.37. The van der Waals surface area contributed by atoms with Gasteiger partial charge in [0.1, 0.15) is 0 Å². The van der Waals surface area contributed by atoms with Crippen molar-refractivity contribution >= 4 is 17.4 Å². The molecule has 0 unspecified atom stereocenters. The van der Waals surface area contributed by atoms with Crippen molar-refractivity contribution in [2.45, 2.75) is 20.8 Å². The van der Waals surface area contributed by atoms with Crippen molar-refractivity contribution in [1.29, 1.82) is 0 Å². The molecular weight excluding hydrogens is 302 g/mol. The Morgan fingerprint density at radius 3 is 2.17 bits per heavy atom. The van der Waals surface area contributed by atoms with Gasteiger partial charge in [-0.05, 0) is 45.0 Å². The number of esters is 1. The highest BCUT2D eigenvalue weighted by molar-refractivity contribution is 6.05. The molecule has 2 rings (SSSR count). The molecule has 0 aliphatic heterocycles. The molecule has 2 aromatic rings. The first-order valence-electron chi connectivity index (χ1n) is 7.83. The Morgan fingerprint density at radius 1 is 1.00 bits per heavy atom. The largest absolute Gasteiger partial charge is 0.462 e. The van der Waals surface area contributed by atoms with Crippen molar-refractivity contribution in [1.82, 2.24) is 0 Å². The summed E-state index contributed by atoms with van der Waals surface area (Å²) in [4.78, 5) is 23.8. The molecule has 2 aromatic carbocycles. The van der Waals surface area contributed by atoms with Crippen LogP contribution in [0.2, 0.25) is 0 Å². The summed E-state index contributed by atoms with van der Waals surface area (Å²) in [5.74, 6) is -0.394. The minimum atomic E-state index is -0.342. The number of rotatable bonds is 6. The number of nitrogens with one attached hydrogen (secondary N) is 1. The predicted molar refractivity (Wildman–Crippen MR) is 95.3 cm³/mol. The van der Waals surface area contributed by atoms with Gasteiger partial charge in [-0.3, -0.25) is 4.79 Å². The summed E-state index contributed by atoms with van der Waals surface area (Å²) in [6.45, 7) is 5.93. The third kappa shape index (κ3) is 4.81. The fraction of sp³-hybridized carbons (Fsp3) is 0.200. The minimum Gasteiger partial charge on any atom is -0.462 e. The van der Waals surface area contributed by atoms with Crippen molar-refractivity contribution in [2.75, 3.05) is 11.9 Å². The number of ketones is 1. The third-order valence-corrected chi connectivity index (χ3v) is 3.42. The van der Waals surface area contributed by atoms with Gasteiger partial charge in [0.2, 0.25) is 0 Å². The number of hydrogen-bond acceptors (Lipinski definition) is 4. The van der Waals surface area contributed by atoms with Gasteiger partial charge in [-0.2, -0.15) is 0 Å². The molecule has 1 N–H and O–H groups in total. The van der Waals surface area contributed by atoms with Gasteiger partial charge in [0.15, 0.2) is 5.78 Å². The first kappa shape index (κ1) is 17.5. The molecule has 0 saturated heterocycles. The maximum absolute atomic E-state index is 12.2. The number of hydrogen-bond donors (Lipinski definition) is 1. The number of anilines is 1. The van der Waals surface area contributed by atoms with Crippen LogP contribution in [0.3, 0.4) is 0 Å². The van der Waals surface area contributed by atoms with E-state index in [-0.39, 0.29) is 11.8 Å². The van der Waals surface area contributed by atoms with Gasteiger partial charge in [0.25, 0.3) is 0 Å². The lowest BCUT2D eigenvalue weighted by Crippen LogP contribution is -2.05. The van der Waals surface area contributed by atoms with E-state index in [1.807, 2.05) is 38.1 Å². The average molecular weight is 323 g/mol. The SMILES string of the molecule is CCOC(=O)c1ccc(N/C(C)=C/C(=O)c2ccc(C)cc2)cc1. The zero-order valence-electron chi connectivity index (χ0n) is 14.1. The Balaban J connectivity index is 2.03. The van der Waals surface area contributed by atoms with Gasteiger partial charge in [-0.25, -0.2) is 4.79 Å². The summed E-state index contributed by atoms with van der Waals surface area (Å²) in [7, 11) is 0. The van der Waals surface area contributed by atoms with Crippen LogP contribution >= 0.6 is 0 Å². The van der Waals surface area contributed by atoms with Crippen molar-refractivity contribution in [3.05, 3.63) is 77.0 Å². The molecule has 0 heterocycles. The monoisotopic (exact) mass is 323 g/mol. The number of aryl methyl sites for hydroxylation is 1. The topological polar surface area (TPSA) is 55.4 Å². The molecule has 0 spiro atoms. The van der Waals surface area contributed by atoms with Crippen molar-refractivity contribution in [3.8, 4) is 0 Å². The van der Waals surface area contributed by atoms with Gasteiger partial charge in [-0.1, -0.05) is 29.8 Å². The van der Waals surface area contributed by atoms with Crippen LogP contribution < -0.4 is 5.32 Å². The molecule has 124 valence electrons. The van der Waals surface area contributed by atoms with Gasteiger partial charge >= 0.3 is 5.97 Å². The summed E-state index contributed by atoms with van der Waals surface area (Å²) in [6, 6.07) is 14.4. The Kier molecular flexibility index (Phi) is 5.90. The lowest BCUT2D eigenvalue weighted by Gasteiger charge is -2.08. The zero-order chi connectivity index (χ0) is 17.5. The van der Waals surface area contributed by atoms with E-state index in [0.717, 1.165) is 16.9 Å². The van der Waals surface area contributed by atoms with Gasteiger partial charge in [-0.15, -0.1) is 0 Å². The fourth-order valence-electron chi connectivity index (χ4n) is 2.17. The number of carbonyl (C=O) groups is 2. The number of carbonyl (C=O) groups excluding carboxylic acids is 2. The number of ether oxygens (including phenoxy) is 1. The van der Waals surface area contributed by atoms with Crippen LogP contribution in [0.15, 0.2) is 60.3 Å². The summed E-state index contributed by atoms with van der Waals surface area (Å²) >= 11 is 0. The minimum absolute atomic E-state index is 0.0526. The molecule has 0 aromatic heterocycles. The highest BCUT2D eigenvalue weighted by Crippen LogP contribution is 2.14.